The molecule has 0 aliphatic heterocycles. The molecule has 0 saturated carbocycles. The second kappa shape index (κ2) is 9.89. The van der Waals surface area contributed by atoms with E-state index < -0.39 is 6.04 Å². The molecule has 0 fully saturated rings. The first-order chi connectivity index (χ1) is 14.1. The van der Waals surface area contributed by atoms with Gasteiger partial charge in [0, 0.05) is 5.69 Å². The molecule has 0 saturated heterocycles. The molecule has 2 N–H and O–H groups in total. The van der Waals surface area contributed by atoms with Crippen molar-refractivity contribution in [2.24, 2.45) is 0 Å². The Hall–Kier alpha value is -3.11. The quantitative estimate of drug-likeness (QED) is 0.551. The van der Waals surface area contributed by atoms with Crippen molar-refractivity contribution in [2.45, 2.75) is 25.8 Å². The van der Waals surface area contributed by atoms with Crippen molar-refractivity contribution in [3.63, 3.8) is 0 Å². The number of rotatable bonds is 7. The summed E-state index contributed by atoms with van der Waals surface area (Å²) in [6.45, 7) is 2.08. The Labute approximate surface area is 175 Å². The van der Waals surface area contributed by atoms with Crippen LogP contribution in [-0.4, -0.2) is 11.8 Å². The molecule has 0 spiro atoms. The van der Waals surface area contributed by atoms with Gasteiger partial charge in [0.2, 0.25) is 5.91 Å². The van der Waals surface area contributed by atoms with E-state index in [2.05, 4.69) is 17.6 Å². The minimum atomic E-state index is -0.477. The monoisotopic (exact) mass is 406 g/mol. The summed E-state index contributed by atoms with van der Waals surface area (Å²) in [5.74, 6) is -0.493. The Balaban J connectivity index is 1.74. The van der Waals surface area contributed by atoms with Crippen LogP contribution in [0, 0.1) is 0 Å². The van der Waals surface area contributed by atoms with Crippen molar-refractivity contribution in [3.8, 4) is 0 Å². The first-order valence-electron chi connectivity index (χ1n) is 9.56. The smallest absolute Gasteiger partial charge is 0.253 e. The van der Waals surface area contributed by atoms with Gasteiger partial charge in [0.25, 0.3) is 5.91 Å². The van der Waals surface area contributed by atoms with Crippen LogP contribution in [0.15, 0.2) is 78.9 Å². The maximum absolute atomic E-state index is 12.7. The molecule has 29 heavy (non-hydrogen) atoms. The van der Waals surface area contributed by atoms with Crippen LogP contribution in [0.2, 0.25) is 5.02 Å². The molecule has 0 bridgehead atoms. The average molecular weight is 407 g/mol. The van der Waals surface area contributed by atoms with E-state index in [1.807, 2.05) is 54.6 Å². The Morgan fingerprint density at radius 3 is 2.21 bits per heavy atom. The van der Waals surface area contributed by atoms with Crippen molar-refractivity contribution in [1.82, 2.24) is 5.32 Å². The predicted molar refractivity (Wildman–Crippen MR) is 117 cm³/mol. The lowest BCUT2D eigenvalue weighted by atomic mass is 10.0. The van der Waals surface area contributed by atoms with E-state index in [1.165, 1.54) is 5.56 Å². The Morgan fingerprint density at radius 1 is 0.897 bits per heavy atom. The summed E-state index contributed by atoms with van der Waals surface area (Å²) in [7, 11) is 0. The molecule has 148 valence electrons. The lowest BCUT2D eigenvalue weighted by molar-refractivity contribution is -0.116. The van der Waals surface area contributed by atoms with Gasteiger partial charge in [-0.3, -0.25) is 9.59 Å². The Kier molecular flexibility index (Phi) is 7.04. The zero-order valence-electron chi connectivity index (χ0n) is 16.2. The van der Waals surface area contributed by atoms with Crippen LogP contribution < -0.4 is 10.6 Å². The number of aryl methyl sites for hydroxylation is 1. The van der Waals surface area contributed by atoms with Crippen LogP contribution >= 0.6 is 11.6 Å². The van der Waals surface area contributed by atoms with Gasteiger partial charge in [-0.15, -0.1) is 0 Å². The van der Waals surface area contributed by atoms with Crippen molar-refractivity contribution in [2.75, 3.05) is 5.32 Å². The number of amides is 2. The summed E-state index contributed by atoms with van der Waals surface area (Å²) in [6, 6.07) is 23.6. The molecule has 3 rings (SSSR count). The Morgan fingerprint density at radius 2 is 1.55 bits per heavy atom. The number of nitrogens with one attached hydrogen (secondary N) is 2. The van der Waals surface area contributed by atoms with Gasteiger partial charge in [0.1, 0.15) is 0 Å². The molecule has 0 heterocycles. The summed E-state index contributed by atoms with van der Waals surface area (Å²) in [4.78, 5) is 25.4. The van der Waals surface area contributed by atoms with E-state index in [-0.39, 0.29) is 18.2 Å². The number of hydrogen-bond donors (Lipinski definition) is 2. The minimum Gasteiger partial charge on any atom is -0.345 e. The SMILES string of the molecule is CCc1ccc(NC(=O)C[C@H](NC(=O)c2ccccc2Cl)c2ccccc2)cc1. The van der Waals surface area contributed by atoms with Gasteiger partial charge in [-0.05, 0) is 41.8 Å². The van der Waals surface area contributed by atoms with Gasteiger partial charge in [-0.2, -0.15) is 0 Å². The zero-order valence-corrected chi connectivity index (χ0v) is 16.9. The number of benzene rings is 3. The summed E-state index contributed by atoms with van der Waals surface area (Å²) in [6.07, 6.45) is 1.05. The normalized spacial score (nSPS) is 11.5. The van der Waals surface area contributed by atoms with E-state index in [1.54, 1.807) is 24.3 Å². The third-order valence-corrected chi connectivity index (χ3v) is 4.99. The fraction of sp³-hybridized carbons (Fsp3) is 0.167. The number of halogens is 1. The van der Waals surface area contributed by atoms with E-state index in [0.717, 1.165) is 17.7 Å². The third kappa shape index (κ3) is 5.69. The molecule has 0 aliphatic carbocycles. The predicted octanol–water partition coefficient (Wildman–Crippen LogP) is 5.40. The van der Waals surface area contributed by atoms with Crippen molar-refractivity contribution >= 4 is 29.1 Å². The van der Waals surface area contributed by atoms with Gasteiger partial charge in [-0.1, -0.05) is 73.1 Å². The fourth-order valence-electron chi connectivity index (χ4n) is 3.04. The number of hydrogen-bond acceptors (Lipinski definition) is 2. The van der Waals surface area contributed by atoms with Gasteiger partial charge in [0.15, 0.2) is 0 Å². The first-order valence-corrected chi connectivity index (χ1v) is 9.93. The summed E-state index contributed by atoms with van der Waals surface area (Å²) in [5.41, 5.74) is 3.17. The topological polar surface area (TPSA) is 58.2 Å². The number of anilines is 1. The highest BCUT2D eigenvalue weighted by Gasteiger charge is 2.20. The highest BCUT2D eigenvalue weighted by Crippen LogP contribution is 2.21. The lowest BCUT2D eigenvalue weighted by Gasteiger charge is -2.19. The van der Waals surface area contributed by atoms with Crippen LogP contribution in [0.25, 0.3) is 0 Å². The molecule has 0 aromatic heterocycles. The highest BCUT2D eigenvalue weighted by molar-refractivity contribution is 6.33. The van der Waals surface area contributed by atoms with Gasteiger partial charge >= 0.3 is 0 Å². The third-order valence-electron chi connectivity index (χ3n) is 4.66. The van der Waals surface area contributed by atoms with Crippen LogP contribution in [0.1, 0.15) is 40.9 Å². The highest BCUT2D eigenvalue weighted by atomic mass is 35.5. The average Bonchev–Trinajstić information content (AvgIpc) is 2.74. The molecule has 0 aliphatic rings. The standard InChI is InChI=1S/C24H23ClN2O2/c1-2-17-12-14-19(15-13-17)26-23(28)16-22(18-8-4-3-5-9-18)27-24(29)20-10-6-7-11-21(20)25/h3-15,22H,2,16H2,1H3,(H,26,28)(H,27,29)/t22-/m0/s1. The molecule has 3 aromatic rings. The summed E-state index contributed by atoms with van der Waals surface area (Å²) < 4.78 is 0. The van der Waals surface area contributed by atoms with Gasteiger partial charge in [0.05, 0.1) is 23.0 Å². The maximum Gasteiger partial charge on any atom is 0.253 e. The molecular formula is C24H23ClN2O2. The number of carbonyl (C=O) groups excluding carboxylic acids is 2. The van der Waals surface area contributed by atoms with E-state index in [9.17, 15) is 9.59 Å². The van der Waals surface area contributed by atoms with Gasteiger partial charge in [-0.25, -0.2) is 0 Å². The zero-order chi connectivity index (χ0) is 20.6. The lowest BCUT2D eigenvalue weighted by Crippen LogP contribution is -2.31. The molecule has 1 atom stereocenters. The molecule has 0 radical (unpaired) electrons. The van der Waals surface area contributed by atoms with E-state index in [0.29, 0.717) is 10.6 Å². The Bertz CT molecular complexity index is 972. The molecule has 3 aromatic carbocycles. The van der Waals surface area contributed by atoms with E-state index in [4.69, 9.17) is 11.6 Å². The first kappa shape index (κ1) is 20.6. The summed E-state index contributed by atoms with van der Waals surface area (Å²) >= 11 is 6.15. The second-order valence-corrected chi connectivity index (χ2v) is 7.13. The molecule has 4 nitrogen and oxygen atoms in total. The van der Waals surface area contributed by atoms with E-state index >= 15 is 0 Å². The second-order valence-electron chi connectivity index (χ2n) is 6.72. The largest absolute Gasteiger partial charge is 0.345 e. The molecule has 5 heteroatoms. The van der Waals surface area contributed by atoms with Crippen molar-refractivity contribution in [3.05, 3.63) is 101 Å². The van der Waals surface area contributed by atoms with Crippen molar-refractivity contribution in [1.29, 1.82) is 0 Å². The van der Waals surface area contributed by atoms with Crippen molar-refractivity contribution < 1.29 is 9.59 Å². The molecule has 2 amide bonds. The van der Waals surface area contributed by atoms with Crippen LogP contribution in [0.4, 0.5) is 5.69 Å². The van der Waals surface area contributed by atoms with Gasteiger partial charge < -0.3 is 10.6 Å². The molecular weight excluding hydrogens is 384 g/mol. The maximum atomic E-state index is 12.7. The minimum absolute atomic E-state index is 0.107. The van der Waals surface area contributed by atoms with Crippen LogP contribution in [0.5, 0.6) is 0 Å². The molecule has 0 unspecified atom stereocenters. The number of carbonyl (C=O) groups is 2. The van der Waals surface area contributed by atoms with Crippen LogP contribution in [-0.2, 0) is 11.2 Å². The van der Waals surface area contributed by atoms with Crippen LogP contribution in [0.3, 0.4) is 0 Å². The fourth-order valence-corrected chi connectivity index (χ4v) is 3.26. The summed E-state index contributed by atoms with van der Waals surface area (Å²) in [5, 5.41) is 6.22.